The first-order chi connectivity index (χ1) is 7.99. The summed E-state index contributed by atoms with van der Waals surface area (Å²) >= 11 is 25.6. The Hall–Kier alpha value is 0.190. The number of nitrogens with zero attached hydrogens (tertiary/aromatic N) is 2. The van der Waals surface area contributed by atoms with Crippen LogP contribution < -0.4 is 0 Å². The van der Waals surface area contributed by atoms with Crippen LogP contribution in [0, 0.1) is 3.57 Å². The molecule has 0 saturated carbocycles. The zero-order valence-electron chi connectivity index (χ0n) is 8.02. The Labute approximate surface area is 131 Å². The molecule has 1 heterocycles. The van der Waals surface area contributed by atoms with E-state index >= 15 is 0 Å². The summed E-state index contributed by atoms with van der Waals surface area (Å²) in [4.78, 5) is 8.27. The zero-order chi connectivity index (χ0) is 12.6. The van der Waals surface area contributed by atoms with Gasteiger partial charge in [0.1, 0.15) is 10.3 Å². The average Bonchev–Trinajstić information content (AvgIpc) is 2.29. The van der Waals surface area contributed by atoms with Gasteiger partial charge in [-0.25, -0.2) is 9.97 Å². The van der Waals surface area contributed by atoms with Crippen LogP contribution in [0.25, 0.3) is 11.4 Å². The van der Waals surface area contributed by atoms with E-state index in [0.29, 0.717) is 35.3 Å². The molecule has 2 rings (SSSR count). The van der Waals surface area contributed by atoms with Crippen molar-refractivity contribution in [2.45, 2.75) is 0 Å². The summed E-state index contributed by atoms with van der Waals surface area (Å²) < 4.78 is 0.620. The van der Waals surface area contributed by atoms with Crippen molar-refractivity contribution in [2.24, 2.45) is 0 Å². The Morgan fingerprint density at radius 1 is 0.882 bits per heavy atom. The minimum Gasteiger partial charge on any atom is -0.215 e. The van der Waals surface area contributed by atoms with Gasteiger partial charge in [-0.2, -0.15) is 0 Å². The monoisotopic (exact) mass is 418 g/mol. The summed E-state index contributed by atoms with van der Waals surface area (Å²) in [6.45, 7) is 0. The average molecular weight is 420 g/mol. The molecule has 17 heavy (non-hydrogen) atoms. The van der Waals surface area contributed by atoms with E-state index in [0.717, 1.165) is 0 Å². The molecular weight excluding hydrogens is 417 g/mol. The summed E-state index contributed by atoms with van der Waals surface area (Å²) in [5.41, 5.74) is 0.708. The number of rotatable bonds is 1. The molecule has 0 radical (unpaired) electrons. The Morgan fingerprint density at radius 2 is 1.47 bits per heavy atom. The van der Waals surface area contributed by atoms with Gasteiger partial charge in [-0.05, 0) is 40.8 Å². The van der Waals surface area contributed by atoms with Crippen LogP contribution in [0.4, 0.5) is 0 Å². The molecule has 0 aliphatic carbocycles. The second-order valence-corrected chi connectivity index (χ2v) is 5.68. The molecule has 0 aliphatic rings. The highest BCUT2D eigenvalue weighted by Gasteiger charge is 2.11. The van der Waals surface area contributed by atoms with E-state index in [1.54, 1.807) is 18.2 Å². The van der Waals surface area contributed by atoms with Gasteiger partial charge < -0.3 is 0 Å². The van der Waals surface area contributed by atoms with Crippen molar-refractivity contribution in [3.63, 3.8) is 0 Å². The van der Waals surface area contributed by atoms with Gasteiger partial charge in [0, 0.05) is 5.56 Å². The van der Waals surface area contributed by atoms with Crippen LogP contribution >= 0.6 is 69.0 Å². The number of benzene rings is 1. The molecular formula is C10H3Cl4IN2. The van der Waals surface area contributed by atoms with Gasteiger partial charge in [-0.15, -0.1) is 0 Å². The molecule has 0 bridgehead atoms. The maximum absolute atomic E-state index is 5.94. The first kappa shape index (κ1) is 13.6. The summed E-state index contributed by atoms with van der Waals surface area (Å²) in [5.74, 6) is 0.416. The van der Waals surface area contributed by atoms with Crippen molar-refractivity contribution in [1.82, 2.24) is 9.97 Å². The molecule has 0 atom stereocenters. The molecule has 0 unspecified atom stereocenters. The Bertz CT molecular complexity index is 566. The Morgan fingerprint density at radius 3 is 2.00 bits per heavy atom. The van der Waals surface area contributed by atoms with Gasteiger partial charge in [-0.3, -0.25) is 0 Å². The summed E-state index contributed by atoms with van der Waals surface area (Å²) in [7, 11) is 0. The molecule has 0 spiro atoms. The van der Waals surface area contributed by atoms with Gasteiger partial charge in [0.15, 0.2) is 5.82 Å². The van der Waals surface area contributed by atoms with Gasteiger partial charge >= 0.3 is 0 Å². The molecule has 0 saturated heterocycles. The smallest absolute Gasteiger partial charge is 0.162 e. The quantitative estimate of drug-likeness (QED) is 0.459. The number of aromatic nitrogens is 2. The lowest BCUT2D eigenvalue weighted by Crippen LogP contribution is -1.93. The predicted molar refractivity (Wildman–Crippen MR) is 80.2 cm³/mol. The van der Waals surface area contributed by atoms with E-state index in [9.17, 15) is 0 Å². The highest BCUT2D eigenvalue weighted by atomic mass is 127. The largest absolute Gasteiger partial charge is 0.215 e. The van der Waals surface area contributed by atoms with Gasteiger partial charge in [0.25, 0.3) is 0 Å². The molecule has 1 aromatic carbocycles. The Kier molecular flexibility index (Phi) is 4.36. The van der Waals surface area contributed by atoms with Gasteiger partial charge in [-0.1, -0.05) is 46.4 Å². The zero-order valence-corrected chi connectivity index (χ0v) is 13.2. The van der Waals surface area contributed by atoms with Crippen LogP contribution in [0.1, 0.15) is 0 Å². The molecule has 2 nitrogen and oxygen atoms in total. The van der Waals surface area contributed by atoms with Crippen molar-refractivity contribution in [2.75, 3.05) is 0 Å². The molecule has 2 aromatic rings. The normalized spacial score (nSPS) is 10.6. The molecule has 0 N–H and O–H groups in total. The molecule has 7 heteroatoms. The van der Waals surface area contributed by atoms with Crippen LogP contribution in [-0.2, 0) is 0 Å². The van der Waals surface area contributed by atoms with Crippen LogP contribution in [0.15, 0.2) is 18.2 Å². The van der Waals surface area contributed by atoms with Gasteiger partial charge in [0.05, 0.1) is 13.6 Å². The molecule has 0 amide bonds. The third kappa shape index (κ3) is 2.96. The topological polar surface area (TPSA) is 25.8 Å². The Balaban J connectivity index is 2.57. The van der Waals surface area contributed by atoms with E-state index in [1.165, 1.54) is 0 Å². The van der Waals surface area contributed by atoms with Crippen molar-refractivity contribution in [3.05, 3.63) is 42.1 Å². The third-order valence-electron chi connectivity index (χ3n) is 1.95. The summed E-state index contributed by atoms with van der Waals surface area (Å²) in [5, 5.41) is 1.52. The van der Waals surface area contributed by atoms with Gasteiger partial charge in [0.2, 0.25) is 0 Å². The van der Waals surface area contributed by atoms with Crippen molar-refractivity contribution >= 4 is 69.0 Å². The van der Waals surface area contributed by atoms with E-state index < -0.39 is 0 Å². The lowest BCUT2D eigenvalue weighted by atomic mass is 10.2. The second kappa shape index (κ2) is 5.45. The fraction of sp³-hybridized carbons (Fsp3) is 0. The lowest BCUT2D eigenvalue weighted by Gasteiger charge is -2.05. The van der Waals surface area contributed by atoms with Crippen LogP contribution in [0.2, 0.25) is 20.4 Å². The molecule has 0 fully saturated rings. The highest BCUT2D eigenvalue weighted by molar-refractivity contribution is 14.1. The third-order valence-corrected chi connectivity index (χ3v) is 4.89. The predicted octanol–water partition coefficient (Wildman–Crippen LogP) is 5.36. The summed E-state index contributed by atoms with van der Waals surface area (Å²) in [6, 6.07) is 5.09. The van der Waals surface area contributed by atoms with E-state index in [2.05, 4.69) is 9.97 Å². The first-order valence-corrected chi connectivity index (χ1v) is 6.92. The van der Waals surface area contributed by atoms with Crippen LogP contribution in [0.3, 0.4) is 0 Å². The van der Waals surface area contributed by atoms with Crippen LogP contribution in [0.5, 0.6) is 0 Å². The van der Waals surface area contributed by atoms with Crippen LogP contribution in [-0.4, -0.2) is 9.97 Å². The van der Waals surface area contributed by atoms with E-state index in [-0.39, 0.29) is 0 Å². The number of hydrogen-bond donors (Lipinski definition) is 0. The van der Waals surface area contributed by atoms with E-state index in [4.69, 9.17) is 46.4 Å². The number of hydrogen-bond acceptors (Lipinski definition) is 2. The fourth-order valence-electron chi connectivity index (χ4n) is 1.16. The van der Waals surface area contributed by atoms with Crippen molar-refractivity contribution < 1.29 is 0 Å². The maximum Gasteiger partial charge on any atom is 0.162 e. The number of halogens is 5. The standard InChI is InChI=1S/C10H3Cl4IN2/c11-5-2-1-4(3-6(5)12)10-16-8(13)7(15)9(14)17-10/h1-3H. The molecule has 1 aromatic heterocycles. The fourth-order valence-corrected chi connectivity index (χ4v) is 2.09. The minimum atomic E-state index is 0.312. The van der Waals surface area contributed by atoms with Crippen molar-refractivity contribution in [1.29, 1.82) is 0 Å². The van der Waals surface area contributed by atoms with E-state index in [1.807, 2.05) is 22.6 Å². The minimum absolute atomic E-state index is 0.312. The lowest BCUT2D eigenvalue weighted by molar-refractivity contribution is 1.16. The maximum atomic E-state index is 5.94. The SMILES string of the molecule is Clc1ccc(-c2nc(Cl)c(I)c(Cl)n2)cc1Cl. The molecule has 88 valence electrons. The highest BCUT2D eigenvalue weighted by Crippen LogP contribution is 2.30. The summed E-state index contributed by atoms with van der Waals surface area (Å²) in [6.07, 6.45) is 0. The van der Waals surface area contributed by atoms with Crippen molar-refractivity contribution in [3.8, 4) is 11.4 Å². The second-order valence-electron chi connectivity index (χ2n) is 3.07. The molecule has 0 aliphatic heterocycles. The first-order valence-electron chi connectivity index (χ1n) is 4.33.